The van der Waals surface area contributed by atoms with Crippen LogP contribution in [-0.2, 0) is 13.5 Å². The van der Waals surface area contributed by atoms with Crippen molar-refractivity contribution in [2.75, 3.05) is 0 Å². The highest BCUT2D eigenvalue weighted by molar-refractivity contribution is 5.66. The summed E-state index contributed by atoms with van der Waals surface area (Å²) < 4.78 is 28.9. The summed E-state index contributed by atoms with van der Waals surface area (Å²) in [4.78, 5) is 0. The van der Waals surface area contributed by atoms with Gasteiger partial charge in [0.2, 0.25) is 0 Å². The van der Waals surface area contributed by atoms with Gasteiger partial charge in [0.1, 0.15) is 11.6 Å². The van der Waals surface area contributed by atoms with Crippen molar-refractivity contribution < 1.29 is 8.78 Å². The molecule has 4 rings (SSSR count). The molecule has 4 heteroatoms. The van der Waals surface area contributed by atoms with E-state index in [4.69, 9.17) is 0 Å². The summed E-state index contributed by atoms with van der Waals surface area (Å²) in [7, 11) is 1.88. The first-order chi connectivity index (χ1) is 10.1. The molecule has 0 radical (unpaired) electrons. The number of rotatable bonds is 1. The monoisotopic (exact) mass is 288 g/mol. The minimum atomic E-state index is -0.532. The van der Waals surface area contributed by atoms with Gasteiger partial charge in [-0.15, -0.1) is 0 Å². The summed E-state index contributed by atoms with van der Waals surface area (Å²) in [5, 5.41) is 4.68. The Kier molecular flexibility index (Phi) is 2.88. The van der Waals surface area contributed by atoms with Crippen LogP contribution in [0.25, 0.3) is 11.3 Å². The summed E-state index contributed by atoms with van der Waals surface area (Å²) in [6.45, 7) is 0. The molecule has 1 aromatic heterocycles. The fraction of sp³-hybridized carbons (Fsp3) is 0.471. The SMILES string of the molecule is Cn1nc2c(c1-c1cc(F)cc(F)c1)C[C@H]1CCC[C@@H]2C1. The molecule has 0 amide bonds. The zero-order valence-electron chi connectivity index (χ0n) is 12.1. The lowest BCUT2D eigenvalue weighted by Gasteiger charge is -2.33. The molecule has 21 heavy (non-hydrogen) atoms. The highest BCUT2D eigenvalue weighted by atomic mass is 19.1. The Morgan fingerprint density at radius 2 is 1.90 bits per heavy atom. The third kappa shape index (κ3) is 2.08. The number of halogens is 2. The first kappa shape index (κ1) is 13.0. The Morgan fingerprint density at radius 3 is 2.67 bits per heavy atom. The Morgan fingerprint density at radius 1 is 1.14 bits per heavy atom. The van der Waals surface area contributed by atoms with E-state index in [9.17, 15) is 8.78 Å². The average Bonchev–Trinajstić information content (AvgIpc) is 2.74. The maximum Gasteiger partial charge on any atom is 0.126 e. The van der Waals surface area contributed by atoms with E-state index in [1.807, 2.05) is 7.05 Å². The van der Waals surface area contributed by atoms with Crippen molar-refractivity contribution in [2.45, 2.75) is 38.0 Å². The van der Waals surface area contributed by atoms with Crippen molar-refractivity contribution in [2.24, 2.45) is 13.0 Å². The van der Waals surface area contributed by atoms with Gasteiger partial charge in [-0.05, 0) is 37.3 Å². The van der Waals surface area contributed by atoms with E-state index in [2.05, 4.69) is 5.10 Å². The van der Waals surface area contributed by atoms with E-state index in [1.165, 1.54) is 43.4 Å². The van der Waals surface area contributed by atoms with Gasteiger partial charge in [0.05, 0.1) is 11.4 Å². The molecular weight excluding hydrogens is 270 g/mol. The van der Waals surface area contributed by atoms with Gasteiger partial charge >= 0.3 is 0 Å². The van der Waals surface area contributed by atoms with E-state index >= 15 is 0 Å². The van der Waals surface area contributed by atoms with Crippen LogP contribution in [0.15, 0.2) is 18.2 Å². The third-order valence-corrected chi connectivity index (χ3v) is 4.97. The van der Waals surface area contributed by atoms with Crippen LogP contribution in [0.2, 0.25) is 0 Å². The summed E-state index contributed by atoms with van der Waals surface area (Å²) >= 11 is 0. The fourth-order valence-corrected chi connectivity index (χ4v) is 4.18. The number of aromatic nitrogens is 2. The maximum atomic E-state index is 13.5. The number of hydrogen-bond donors (Lipinski definition) is 0. The molecule has 0 spiro atoms. The Labute approximate surface area is 122 Å². The number of hydrogen-bond acceptors (Lipinski definition) is 1. The molecule has 0 unspecified atom stereocenters. The second-order valence-corrected chi connectivity index (χ2v) is 6.43. The number of aryl methyl sites for hydroxylation is 1. The van der Waals surface area contributed by atoms with Gasteiger partial charge in [-0.3, -0.25) is 4.68 Å². The molecule has 0 N–H and O–H groups in total. The molecule has 0 saturated heterocycles. The van der Waals surface area contributed by atoms with Crippen molar-refractivity contribution in [3.63, 3.8) is 0 Å². The molecule has 2 aliphatic rings. The van der Waals surface area contributed by atoms with Crippen molar-refractivity contribution in [1.29, 1.82) is 0 Å². The van der Waals surface area contributed by atoms with Crippen molar-refractivity contribution in [3.8, 4) is 11.3 Å². The van der Waals surface area contributed by atoms with Gasteiger partial charge in [-0.1, -0.05) is 12.8 Å². The van der Waals surface area contributed by atoms with Crippen LogP contribution in [-0.4, -0.2) is 9.78 Å². The lowest BCUT2D eigenvalue weighted by molar-refractivity contribution is 0.295. The quantitative estimate of drug-likeness (QED) is 0.769. The van der Waals surface area contributed by atoms with Crippen molar-refractivity contribution in [1.82, 2.24) is 9.78 Å². The third-order valence-electron chi connectivity index (χ3n) is 4.97. The average molecular weight is 288 g/mol. The minimum Gasteiger partial charge on any atom is -0.267 e. The van der Waals surface area contributed by atoms with Crippen molar-refractivity contribution in [3.05, 3.63) is 41.1 Å². The normalized spacial score (nSPS) is 24.0. The molecule has 1 saturated carbocycles. The topological polar surface area (TPSA) is 17.8 Å². The second-order valence-electron chi connectivity index (χ2n) is 6.43. The van der Waals surface area contributed by atoms with Gasteiger partial charge in [0.25, 0.3) is 0 Å². The lowest BCUT2D eigenvalue weighted by Crippen LogP contribution is -2.22. The van der Waals surface area contributed by atoms with Crippen LogP contribution in [0.4, 0.5) is 8.78 Å². The van der Waals surface area contributed by atoms with Crippen LogP contribution < -0.4 is 0 Å². The van der Waals surface area contributed by atoms with Gasteiger partial charge in [-0.2, -0.15) is 5.10 Å². The largest absolute Gasteiger partial charge is 0.267 e. The molecule has 2 aromatic rings. The lowest BCUT2D eigenvalue weighted by atomic mass is 9.71. The summed E-state index contributed by atoms with van der Waals surface area (Å²) in [6.07, 6.45) is 5.95. The highest BCUT2D eigenvalue weighted by Gasteiger charge is 2.35. The van der Waals surface area contributed by atoms with E-state index in [-0.39, 0.29) is 0 Å². The Bertz CT molecular complexity index is 685. The molecule has 0 aliphatic heterocycles. The molecule has 1 heterocycles. The summed E-state index contributed by atoms with van der Waals surface area (Å²) in [5.41, 5.74) is 3.86. The van der Waals surface area contributed by atoms with Crippen LogP contribution >= 0.6 is 0 Å². The molecule has 2 bridgehead atoms. The molecule has 2 atom stereocenters. The summed E-state index contributed by atoms with van der Waals surface area (Å²) in [6, 6.07) is 3.73. The molecule has 110 valence electrons. The zero-order valence-corrected chi connectivity index (χ0v) is 12.1. The van der Waals surface area contributed by atoms with Gasteiger partial charge < -0.3 is 0 Å². The number of benzene rings is 1. The predicted octanol–water partition coefficient (Wildman–Crippen LogP) is 4.20. The van der Waals surface area contributed by atoms with Gasteiger partial charge in [-0.25, -0.2) is 8.78 Å². The summed E-state index contributed by atoms with van der Waals surface area (Å²) in [5.74, 6) is 0.176. The smallest absolute Gasteiger partial charge is 0.126 e. The van der Waals surface area contributed by atoms with E-state index in [0.29, 0.717) is 17.4 Å². The maximum absolute atomic E-state index is 13.5. The van der Waals surface area contributed by atoms with E-state index in [1.54, 1.807) is 4.68 Å². The molecule has 1 fully saturated rings. The molecule has 2 aliphatic carbocycles. The molecule has 1 aromatic carbocycles. The first-order valence-corrected chi connectivity index (χ1v) is 7.64. The fourth-order valence-electron chi connectivity index (χ4n) is 4.18. The van der Waals surface area contributed by atoms with Crippen LogP contribution in [0, 0.1) is 17.6 Å². The van der Waals surface area contributed by atoms with Crippen LogP contribution in [0.5, 0.6) is 0 Å². The standard InChI is InChI=1S/C17H18F2N2/c1-21-17(12-7-13(18)9-14(19)8-12)15-6-10-3-2-4-11(5-10)16(15)20-21/h7-11H,2-6H2,1H3/t10-,11+/m0/s1. The Hall–Kier alpha value is -1.71. The second kappa shape index (κ2) is 4.65. The van der Waals surface area contributed by atoms with Crippen molar-refractivity contribution >= 4 is 0 Å². The van der Waals surface area contributed by atoms with Gasteiger partial charge in [0.15, 0.2) is 0 Å². The Balaban J connectivity index is 1.88. The van der Waals surface area contributed by atoms with E-state index in [0.717, 1.165) is 23.9 Å². The zero-order chi connectivity index (χ0) is 14.6. The van der Waals surface area contributed by atoms with Gasteiger partial charge in [0, 0.05) is 30.2 Å². The van der Waals surface area contributed by atoms with E-state index < -0.39 is 11.6 Å². The number of nitrogens with zero attached hydrogens (tertiary/aromatic N) is 2. The van der Waals surface area contributed by atoms with Crippen LogP contribution in [0.1, 0.15) is 42.9 Å². The predicted molar refractivity (Wildman–Crippen MR) is 77.0 cm³/mol. The highest BCUT2D eigenvalue weighted by Crippen LogP contribution is 2.46. The van der Waals surface area contributed by atoms with Crippen LogP contribution in [0.3, 0.4) is 0 Å². The minimum absolute atomic E-state index is 0.532. The first-order valence-electron chi connectivity index (χ1n) is 7.64. The molecular formula is C17H18F2N2. The number of fused-ring (bicyclic) bond motifs is 4. The molecule has 2 nitrogen and oxygen atoms in total.